The van der Waals surface area contributed by atoms with E-state index in [1.54, 1.807) is 11.3 Å². The van der Waals surface area contributed by atoms with Crippen molar-refractivity contribution in [1.29, 1.82) is 0 Å². The van der Waals surface area contributed by atoms with Crippen molar-refractivity contribution in [2.75, 3.05) is 26.7 Å². The highest BCUT2D eigenvalue weighted by atomic mass is 32.1. The van der Waals surface area contributed by atoms with Crippen molar-refractivity contribution >= 4 is 21.6 Å². The largest absolute Gasteiger partial charge is 0.310 e. The molecule has 3 rings (SSSR count). The number of hydrogen-bond acceptors (Lipinski definition) is 4. The van der Waals surface area contributed by atoms with Gasteiger partial charge < -0.3 is 10.2 Å². The first-order chi connectivity index (χ1) is 9.31. The first-order valence-electron chi connectivity index (χ1n) is 7.05. The smallest absolute Gasteiger partial charge is 0.108 e. The third kappa shape index (κ3) is 3.32. The second-order valence-corrected chi connectivity index (χ2v) is 6.57. The van der Waals surface area contributed by atoms with Crippen molar-refractivity contribution in [3.8, 4) is 0 Å². The lowest BCUT2D eigenvalue weighted by atomic mass is 9.97. The minimum atomic E-state index is 0.838. The quantitative estimate of drug-likeness (QED) is 0.930. The van der Waals surface area contributed by atoms with E-state index in [0.717, 1.165) is 24.5 Å². The van der Waals surface area contributed by atoms with Crippen LogP contribution in [-0.2, 0) is 6.54 Å². The normalized spacial score (nSPS) is 18.2. The predicted molar refractivity (Wildman–Crippen MR) is 81.5 cm³/mol. The third-order valence-electron chi connectivity index (χ3n) is 3.89. The molecule has 0 amide bonds. The molecule has 3 nitrogen and oxygen atoms in total. The number of fused-ring (bicyclic) bond motifs is 1. The van der Waals surface area contributed by atoms with Crippen LogP contribution in [0.3, 0.4) is 0 Å². The molecular formula is C15H21N3S. The highest BCUT2D eigenvalue weighted by Gasteiger charge is 2.16. The van der Waals surface area contributed by atoms with Crippen LogP contribution >= 0.6 is 11.3 Å². The maximum Gasteiger partial charge on any atom is 0.108 e. The van der Waals surface area contributed by atoms with Gasteiger partial charge in [0, 0.05) is 6.54 Å². The second-order valence-electron chi connectivity index (χ2n) is 5.45. The molecule has 19 heavy (non-hydrogen) atoms. The highest BCUT2D eigenvalue weighted by Crippen LogP contribution is 2.21. The van der Waals surface area contributed by atoms with Gasteiger partial charge in [-0.1, -0.05) is 12.1 Å². The summed E-state index contributed by atoms with van der Waals surface area (Å²) < 4.78 is 1.29. The number of thiazole rings is 1. The van der Waals surface area contributed by atoms with Gasteiger partial charge >= 0.3 is 0 Å². The number of hydrogen-bond donors (Lipinski definition) is 1. The topological polar surface area (TPSA) is 28.2 Å². The highest BCUT2D eigenvalue weighted by molar-refractivity contribution is 7.18. The lowest BCUT2D eigenvalue weighted by molar-refractivity contribution is 0.216. The van der Waals surface area contributed by atoms with E-state index in [9.17, 15) is 0 Å². The molecule has 1 aliphatic rings. The van der Waals surface area contributed by atoms with Crippen molar-refractivity contribution < 1.29 is 0 Å². The Morgan fingerprint density at radius 1 is 1.32 bits per heavy atom. The molecule has 1 aromatic carbocycles. The summed E-state index contributed by atoms with van der Waals surface area (Å²) in [6, 6.07) is 8.37. The molecule has 0 aliphatic carbocycles. The molecule has 2 aromatic rings. The fraction of sp³-hybridized carbons (Fsp3) is 0.533. The summed E-state index contributed by atoms with van der Waals surface area (Å²) in [6.45, 7) is 4.52. The van der Waals surface area contributed by atoms with Crippen molar-refractivity contribution in [3.05, 3.63) is 29.3 Å². The molecule has 0 radical (unpaired) electrons. The SMILES string of the molecule is CN1CCC(CNCc2nc3ccccc3s2)CC1. The molecule has 1 aliphatic heterocycles. The Bertz CT molecular complexity index is 496. The summed E-state index contributed by atoms with van der Waals surface area (Å²) in [6.07, 6.45) is 2.65. The molecule has 0 spiro atoms. The molecule has 0 saturated carbocycles. The van der Waals surface area contributed by atoms with Crippen LogP contribution in [0.1, 0.15) is 17.8 Å². The minimum absolute atomic E-state index is 0.838. The van der Waals surface area contributed by atoms with Gasteiger partial charge in [-0.3, -0.25) is 0 Å². The first-order valence-corrected chi connectivity index (χ1v) is 7.86. The number of benzene rings is 1. The molecular weight excluding hydrogens is 254 g/mol. The average Bonchev–Trinajstić information content (AvgIpc) is 2.83. The second kappa shape index (κ2) is 5.99. The van der Waals surface area contributed by atoms with Gasteiger partial charge in [-0.15, -0.1) is 11.3 Å². The van der Waals surface area contributed by atoms with E-state index in [2.05, 4.69) is 46.5 Å². The van der Waals surface area contributed by atoms with Crippen molar-refractivity contribution in [3.63, 3.8) is 0 Å². The van der Waals surface area contributed by atoms with E-state index in [0.29, 0.717) is 0 Å². The summed E-state index contributed by atoms with van der Waals surface area (Å²) in [4.78, 5) is 7.08. The molecule has 1 fully saturated rings. The van der Waals surface area contributed by atoms with E-state index >= 15 is 0 Å². The van der Waals surface area contributed by atoms with Crippen LogP contribution in [0, 0.1) is 5.92 Å². The molecule has 1 saturated heterocycles. The molecule has 0 atom stereocenters. The Morgan fingerprint density at radius 3 is 2.89 bits per heavy atom. The molecule has 0 unspecified atom stereocenters. The minimum Gasteiger partial charge on any atom is -0.310 e. The van der Waals surface area contributed by atoms with E-state index < -0.39 is 0 Å². The van der Waals surface area contributed by atoms with Crippen LogP contribution in [0.25, 0.3) is 10.2 Å². The zero-order valence-corrected chi connectivity index (χ0v) is 12.2. The van der Waals surface area contributed by atoms with Crippen LogP contribution < -0.4 is 5.32 Å². The van der Waals surface area contributed by atoms with Gasteiger partial charge in [0.05, 0.1) is 10.2 Å². The Labute approximate surface area is 118 Å². The van der Waals surface area contributed by atoms with Crippen LogP contribution in [0.4, 0.5) is 0 Å². The maximum atomic E-state index is 4.66. The predicted octanol–water partition coefficient (Wildman–Crippen LogP) is 2.73. The van der Waals surface area contributed by atoms with E-state index in [-0.39, 0.29) is 0 Å². The summed E-state index contributed by atoms with van der Waals surface area (Å²) in [5.74, 6) is 0.838. The Hall–Kier alpha value is -0.970. The Kier molecular flexibility index (Phi) is 4.11. The van der Waals surface area contributed by atoms with E-state index in [1.807, 2.05) is 0 Å². The molecule has 4 heteroatoms. The first kappa shape index (κ1) is 13.0. The number of aromatic nitrogens is 1. The zero-order chi connectivity index (χ0) is 13.1. The van der Waals surface area contributed by atoms with E-state index in [1.165, 1.54) is 35.6 Å². The third-order valence-corrected chi connectivity index (χ3v) is 4.92. The van der Waals surface area contributed by atoms with Gasteiger partial charge in [0.2, 0.25) is 0 Å². The number of para-hydroxylation sites is 1. The fourth-order valence-corrected chi connectivity index (χ4v) is 3.58. The summed E-state index contributed by atoms with van der Waals surface area (Å²) in [5.41, 5.74) is 1.13. The van der Waals surface area contributed by atoms with Gasteiger partial charge in [-0.05, 0) is 57.6 Å². The molecule has 2 heterocycles. The fourth-order valence-electron chi connectivity index (χ4n) is 2.64. The molecule has 102 valence electrons. The lowest BCUT2D eigenvalue weighted by Gasteiger charge is -2.28. The number of rotatable bonds is 4. The number of nitrogens with one attached hydrogen (secondary N) is 1. The van der Waals surface area contributed by atoms with Crippen LogP contribution in [-0.4, -0.2) is 36.6 Å². The van der Waals surface area contributed by atoms with Crippen molar-refractivity contribution in [2.24, 2.45) is 5.92 Å². The summed E-state index contributed by atoms with van der Waals surface area (Å²) >= 11 is 1.80. The molecule has 0 bridgehead atoms. The maximum absolute atomic E-state index is 4.66. The van der Waals surface area contributed by atoms with Gasteiger partial charge in [0.1, 0.15) is 5.01 Å². The number of likely N-dealkylation sites (tertiary alicyclic amines) is 1. The molecule has 1 aromatic heterocycles. The lowest BCUT2D eigenvalue weighted by Crippen LogP contribution is -2.34. The molecule has 1 N–H and O–H groups in total. The van der Waals surface area contributed by atoms with Gasteiger partial charge in [0.25, 0.3) is 0 Å². The summed E-state index contributed by atoms with van der Waals surface area (Å²) in [5, 5.41) is 4.78. The van der Waals surface area contributed by atoms with Crippen LogP contribution in [0.5, 0.6) is 0 Å². The van der Waals surface area contributed by atoms with Gasteiger partial charge in [0.15, 0.2) is 0 Å². The van der Waals surface area contributed by atoms with Gasteiger partial charge in [-0.25, -0.2) is 4.98 Å². The summed E-state index contributed by atoms with van der Waals surface area (Å²) in [7, 11) is 2.21. The monoisotopic (exact) mass is 275 g/mol. The standard InChI is InChI=1S/C15H21N3S/c1-18-8-6-12(7-9-18)10-16-11-15-17-13-4-2-3-5-14(13)19-15/h2-5,12,16H,6-11H2,1H3. The average molecular weight is 275 g/mol. The van der Waals surface area contributed by atoms with Crippen LogP contribution in [0.15, 0.2) is 24.3 Å². The van der Waals surface area contributed by atoms with Crippen LogP contribution in [0.2, 0.25) is 0 Å². The Morgan fingerprint density at radius 2 is 2.11 bits per heavy atom. The van der Waals surface area contributed by atoms with Crippen molar-refractivity contribution in [1.82, 2.24) is 15.2 Å². The van der Waals surface area contributed by atoms with Crippen molar-refractivity contribution in [2.45, 2.75) is 19.4 Å². The number of nitrogens with zero attached hydrogens (tertiary/aromatic N) is 2. The van der Waals surface area contributed by atoms with E-state index in [4.69, 9.17) is 0 Å². The zero-order valence-electron chi connectivity index (χ0n) is 11.4. The van der Waals surface area contributed by atoms with Gasteiger partial charge in [-0.2, -0.15) is 0 Å². The Balaban J connectivity index is 1.49. The number of piperidine rings is 1.